The third-order valence-corrected chi connectivity index (χ3v) is 4.20. The lowest BCUT2D eigenvalue weighted by molar-refractivity contribution is 0.0193. The van der Waals surface area contributed by atoms with Gasteiger partial charge in [0.05, 0.1) is 17.2 Å². The van der Waals surface area contributed by atoms with Gasteiger partial charge in [0.25, 0.3) is 0 Å². The molecule has 1 aliphatic carbocycles. The van der Waals surface area contributed by atoms with Crippen LogP contribution >= 0.6 is 0 Å². The van der Waals surface area contributed by atoms with Crippen LogP contribution in [0.1, 0.15) is 79.5 Å². The summed E-state index contributed by atoms with van der Waals surface area (Å²) in [6.45, 7) is 3.91. The number of benzene rings is 1. The molecule has 0 bridgehead atoms. The van der Waals surface area contributed by atoms with Gasteiger partial charge in [-0.3, -0.25) is 0 Å². The molecule has 0 amide bonds. The van der Waals surface area contributed by atoms with Crippen molar-refractivity contribution in [2.75, 3.05) is 0 Å². The van der Waals surface area contributed by atoms with Crippen LogP contribution in [-0.4, -0.2) is 24.1 Å². The van der Waals surface area contributed by atoms with Crippen molar-refractivity contribution in [3.63, 3.8) is 0 Å². The van der Waals surface area contributed by atoms with Gasteiger partial charge in [0.15, 0.2) is 0 Å². The summed E-state index contributed by atoms with van der Waals surface area (Å²) in [5.41, 5.74) is 0.586. The van der Waals surface area contributed by atoms with Gasteiger partial charge in [-0.05, 0) is 51.2 Å². The fourth-order valence-electron chi connectivity index (χ4n) is 2.95. The molecule has 23 heavy (non-hydrogen) atoms. The Balaban J connectivity index is 2.06. The van der Waals surface area contributed by atoms with Crippen LogP contribution in [0.5, 0.6) is 0 Å². The molecule has 4 heteroatoms. The molecule has 1 saturated carbocycles. The lowest BCUT2D eigenvalue weighted by Crippen LogP contribution is -2.23. The highest BCUT2D eigenvalue weighted by atomic mass is 16.5. The highest BCUT2D eigenvalue weighted by molar-refractivity contribution is 6.03. The molecular weight excluding hydrogens is 292 g/mol. The molecule has 0 aromatic heterocycles. The number of carbonyl (C=O) groups is 2. The zero-order chi connectivity index (χ0) is 16.7. The van der Waals surface area contributed by atoms with Gasteiger partial charge in [-0.15, -0.1) is 0 Å². The van der Waals surface area contributed by atoms with E-state index in [2.05, 4.69) is 0 Å². The van der Waals surface area contributed by atoms with Gasteiger partial charge < -0.3 is 9.47 Å². The Morgan fingerprint density at radius 2 is 1.70 bits per heavy atom. The number of ether oxygens (including phenoxy) is 2. The summed E-state index contributed by atoms with van der Waals surface area (Å²) in [4.78, 5) is 24.7. The topological polar surface area (TPSA) is 52.6 Å². The maximum Gasteiger partial charge on any atom is 0.339 e. The van der Waals surface area contributed by atoms with Crippen LogP contribution in [0, 0.1) is 0 Å². The highest BCUT2D eigenvalue weighted by Crippen LogP contribution is 2.22. The van der Waals surface area contributed by atoms with E-state index in [-0.39, 0.29) is 17.8 Å². The molecule has 1 aromatic rings. The summed E-state index contributed by atoms with van der Waals surface area (Å²) >= 11 is 0. The van der Waals surface area contributed by atoms with E-state index in [0.29, 0.717) is 5.56 Å². The zero-order valence-electron chi connectivity index (χ0n) is 14.0. The molecule has 0 spiro atoms. The Hall–Kier alpha value is -1.84. The number of esters is 2. The second-order valence-electron chi connectivity index (χ2n) is 6.22. The minimum atomic E-state index is -0.456. The SMILES string of the molecule is CCCC(C)OC(=O)c1ccccc1C(=O)OC1CCCCC1. The average Bonchev–Trinajstić information content (AvgIpc) is 2.56. The van der Waals surface area contributed by atoms with Crippen molar-refractivity contribution >= 4 is 11.9 Å². The first kappa shape index (κ1) is 17.5. The lowest BCUT2D eigenvalue weighted by atomic mass is 9.97. The molecule has 1 aromatic carbocycles. The quantitative estimate of drug-likeness (QED) is 0.724. The van der Waals surface area contributed by atoms with Crippen molar-refractivity contribution in [1.29, 1.82) is 0 Å². The van der Waals surface area contributed by atoms with E-state index in [9.17, 15) is 9.59 Å². The third-order valence-electron chi connectivity index (χ3n) is 4.20. The Morgan fingerprint density at radius 3 is 2.30 bits per heavy atom. The first-order valence-electron chi connectivity index (χ1n) is 8.62. The van der Waals surface area contributed by atoms with E-state index in [1.165, 1.54) is 6.42 Å². The van der Waals surface area contributed by atoms with E-state index in [0.717, 1.165) is 38.5 Å². The van der Waals surface area contributed by atoms with E-state index >= 15 is 0 Å². The number of carbonyl (C=O) groups excluding carboxylic acids is 2. The van der Waals surface area contributed by atoms with E-state index < -0.39 is 11.9 Å². The molecule has 2 rings (SSSR count). The van der Waals surface area contributed by atoms with Crippen molar-refractivity contribution in [2.45, 2.75) is 71.0 Å². The number of rotatable bonds is 6. The molecule has 1 unspecified atom stereocenters. The predicted molar refractivity (Wildman–Crippen MR) is 88.5 cm³/mol. The van der Waals surface area contributed by atoms with Crippen LogP contribution in [0.15, 0.2) is 24.3 Å². The molecule has 0 heterocycles. The van der Waals surface area contributed by atoms with Gasteiger partial charge in [-0.1, -0.05) is 31.9 Å². The summed E-state index contributed by atoms with van der Waals surface area (Å²) in [7, 11) is 0. The normalized spacial score (nSPS) is 16.6. The first-order chi connectivity index (χ1) is 11.1. The summed E-state index contributed by atoms with van der Waals surface area (Å²) < 4.78 is 11.0. The van der Waals surface area contributed by atoms with Crippen LogP contribution in [0.2, 0.25) is 0 Å². The zero-order valence-corrected chi connectivity index (χ0v) is 14.0. The largest absolute Gasteiger partial charge is 0.459 e. The van der Waals surface area contributed by atoms with Crippen LogP contribution in [0.3, 0.4) is 0 Å². The molecule has 1 atom stereocenters. The van der Waals surface area contributed by atoms with Gasteiger partial charge >= 0.3 is 11.9 Å². The number of hydrogen-bond acceptors (Lipinski definition) is 4. The maximum absolute atomic E-state index is 12.4. The molecular formula is C19H26O4. The highest BCUT2D eigenvalue weighted by Gasteiger charge is 2.23. The van der Waals surface area contributed by atoms with Crippen molar-refractivity contribution in [3.05, 3.63) is 35.4 Å². The smallest absolute Gasteiger partial charge is 0.339 e. The molecule has 0 N–H and O–H groups in total. The van der Waals surface area contributed by atoms with Crippen LogP contribution in [-0.2, 0) is 9.47 Å². The maximum atomic E-state index is 12.4. The first-order valence-corrected chi connectivity index (χ1v) is 8.62. The van der Waals surface area contributed by atoms with Crippen molar-refractivity contribution < 1.29 is 19.1 Å². The van der Waals surface area contributed by atoms with Crippen molar-refractivity contribution in [2.24, 2.45) is 0 Å². The molecule has 126 valence electrons. The van der Waals surface area contributed by atoms with E-state index in [1.54, 1.807) is 24.3 Å². The molecule has 0 saturated heterocycles. The Bertz CT molecular complexity index is 532. The van der Waals surface area contributed by atoms with Gasteiger partial charge in [0, 0.05) is 0 Å². The third kappa shape index (κ3) is 5.08. The van der Waals surface area contributed by atoms with Gasteiger partial charge in [-0.25, -0.2) is 9.59 Å². The Labute approximate surface area is 138 Å². The monoisotopic (exact) mass is 318 g/mol. The Kier molecular flexibility index (Phi) is 6.63. The minimum Gasteiger partial charge on any atom is -0.459 e. The predicted octanol–water partition coefficient (Wildman–Crippen LogP) is 4.52. The molecule has 1 aliphatic rings. The fraction of sp³-hybridized carbons (Fsp3) is 0.579. The van der Waals surface area contributed by atoms with Crippen molar-refractivity contribution in [1.82, 2.24) is 0 Å². The molecule has 0 aliphatic heterocycles. The van der Waals surface area contributed by atoms with Crippen LogP contribution in [0.25, 0.3) is 0 Å². The molecule has 0 radical (unpaired) electrons. The summed E-state index contributed by atoms with van der Waals surface area (Å²) in [6.07, 6.45) is 6.77. The second kappa shape index (κ2) is 8.70. The summed E-state index contributed by atoms with van der Waals surface area (Å²) in [6, 6.07) is 6.73. The van der Waals surface area contributed by atoms with Gasteiger partial charge in [-0.2, -0.15) is 0 Å². The molecule has 4 nitrogen and oxygen atoms in total. The number of hydrogen-bond donors (Lipinski definition) is 0. The van der Waals surface area contributed by atoms with Crippen LogP contribution < -0.4 is 0 Å². The minimum absolute atomic E-state index is 0.0284. The summed E-state index contributed by atoms with van der Waals surface area (Å²) in [5, 5.41) is 0. The molecule has 1 fully saturated rings. The summed E-state index contributed by atoms with van der Waals surface area (Å²) in [5.74, 6) is -0.880. The van der Waals surface area contributed by atoms with Crippen LogP contribution in [0.4, 0.5) is 0 Å². The standard InChI is InChI=1S/C19H26O4/c1-3-9-14(2)22-18(20)16-12-7-8-13-17(16)19(21)23-15-10-5-4-6-11-15/h7-8,12-15H,3-6,9-11H2,1-2H3. The lowest BCUT2D eigenvalue weighted by Gasteiger charge is -2.22. The van der Waals surface area contributed by atoms with E-state index in [1.807, 2.05) is 13.8 Å². The van der Waals surface area contributed by atoms with Gasteiger partial charge in [0.2, 0.25) is 0 Å². The second-order valence-corrected chi connectivity index (χ2v) is 6.22. The van der Waals surface area contributed by atoms with E-state index in [4.69, 9.17) is 9.47 Å². The average molecular weight is 318 g/mol. The van der Waals surface area contributed by atoms with Gasteiger partial charge in [0.1, 0.15) is 6.10 Å². The van der Waals surface area contributed by atoms with Crippen molar-refractivity contribution in [3.8, 4) is 0 Å². The Morgan fingerprint density at radius 1 is 1.09 bits per heavy atom. The fourth-order valence-corrected chi connectivity index (χ4v) is 2.95.